The number of nitrogens with zero attached hydrogens (tertiary/aromatic N) is 1. The van der Waals surface area contributed by atoms with Gasteiger partial charge in [-0.05, 0) is 13.0 Å². The van der Waals surface area contributed by atoms with Gasteiger partial charge in [0.05, 0.1) is 19.4 Å². The van der Waals surface area contributed by atoms with Gasteiger partial charge in [0.25, 0.3) is 0 Å². The van der Waals surface area contributed by atoms with Crippen LogP contribution in [0.1, 0.15) is 12.5 Å². The van der Waals surface area contributed by atoms with Crippen molar-refractivity contribution in [1.29, 1.82) is 0 Å². The predicted molar refractivity (Wildman–Crippen MR) is 85.7 cm³/mol. The van der Waals surface area contributed by atoms with E-state index in [0.29, 0.717) is 5.56 Å². The van der Waals surface area contributed by atoms with Gasteiger partial charge in [0, 0.05) is 11.6 Å². The number of benzene rings is 1. The molecule has 0 spiro atoms. The average Bonchev–Trinajstić information content (AvgIpc) is 2.57. The van der Waals surface area contributed by atoms with E-state index >= 15 is 0 Å². The molecule has 0 radical (unpaired) electrons. The van der Waals surface area contributed by atoms with Gasteiger partial charge in [-0.1, -0.05) is 36.4 Å². The first-order valence-corrected chi connectivity index (χ1v) is 7.14. The number of carbonyl (C=O) groups is 2. The van der Waals surface area contributed by atoms with E-state index in [-0.39, 0.29) is 12.3 Å². The first-order valence-electron chi connectivity index (χ1n) is 7.14. The lowest BCUT2D eigenvalue weighted by Crippen LogP contribution is -2.32. The summed E-state index contributed by atoms with van der Waals surface area (Å²) in [7, 11) is 1.16. The van der Waals surface area contributed by atoms with Crippen molar-refractivity contribution < 1.29 is 32.2 Å². The fraction of sp³-hybridized carbons (Fsp3) is 0.235. The van der Waals surface area contributed by atoms with E-state index in [1.54, 1.807) is 18.2 Å². The summed E-state index contributed by atoms with van der Waals surface area (Å²) in [5.74, 6) is -2.26. The topological polar surface area (TPSA) is 65.0 Å². The summed E-state index contributed by atoms with van der Waals surface area (Å²) in [6.07, 6.45) is -1.64. The summed E-state index contributed by atoms with van der Waals surface area (Å²) in [6.45, 7) is 1.17. The van der Waals surface area contributed by atoms with E-state index in [1.165, 1.54) is 25.1 Å². The number of carbonyl (C=O) groups excluding carboxylic acids is 2. The minimum absolute atomic E-state index is 0.166. The highest BCUT2D eigenvalue weighted by atomic mass is 19.4. The second-order valence-corrected chi connectivity index (χ2v) is 4.48. The highest BCUT2D eigenvalue weighted by Crippen LogP contribution is 2.23. The van der Waals surface area contributed by atoms with E-state index in [0.717, 1.165) is 19.3 Å². The number of ether oxygens (including phenoxy) is 2. The molecule has 0 saturated carbocycles. The largest absolute Gasteiger partial charge is 0.466 e. The Balaban J connectivity index is 3.38. The van der Waals surface area contributed by atoms with Gasteiger partial charge in [-0.15, -0.1) is 0 Å². The molecular weight excluding hydrogens is 339 g/mol. The lowest BCUT2D eigenvalue weighted by Gasteiger charge is -2.11. The minimum atomic E-state index is -4.99. The van der Waals surface area contributed by atoms with E-state index in [4.69, 9.17) is 0 Å². The van der Waals surface area contributed by atoms with E-state index in [2.05, 4.69) is 14.5 Å². The first-order chi connectivity index (χ1) is 11.8. The van der Waals surface area contributed by atoms with Crippen LogP contribution in [0.3, 0.4) is 0 Å². The number of esters is 2. The second-order valence-electron chi connectivity index (χ2n) is 4.48. The van der Waals surface area contributed by atoms with Crippen molar-refractivity contribution >= 4 is 23.3 Å². The molecule has 5 nitrogen and oxygen atoms in total. The van der Waals surface area contributed by atoms with Gasteiger partial charge in [0.2, 0.25) is 5.71 Å². The molecule has 134 valence electrons. The maximum atomic E-state index is 13.1. The van der Waals surface area contributed by atoms with Crippen LogP contribution < -0.4 is 0 Å². The van der Waals surface area contributed by atoms with Gasteiger partial charge in [-0.25, -0.2) is 14.6 Å². The van der Waals surface area contributed by atoms with Crippen LogP contribution in [0.2, 0.25) is 0 Å². The summed E-state index contributed by atoms with van der Waals surface area (Å²) in [6, 6.07) is 7.90. The number of allylic oxidation sites excluding steroid dienone is 2. The molecule has 0 fully saturated rings. The zero-order chi connectivity index (χ0) is 18.9. The number of alkyl halides is 3. The molecule has 8 heteroatoms. The van der Waals surface area contributed by atoms with Crippen molar-refractivity contribution in [2.45, 2.75) is 13.1 Å². The van der Waals surface area contributed by atoms with Gasteiger partial charge >= 0.3 is 18.1 Å². The number of methoxy groups -OCH3 is 1. The van der Waals surface area contributed by atoms with Crippen LogP contribution in [-0.4, -0.2) is 37.5 Å². The molecule has 0 atom stereocenters. The Morgan fingerprint density at radius 2 is 1.84 bits per heavy atom. The second kappa shape index (κ2) is 9.41. The molecule has 0 aromatic heterocycles. The van der Waals surface area contributed by atoms with Crippen molar-refractivity contribution in [3.63, 3.8) is 0 Å². The van der Waals surface area contributed by atoms with E-state index < -0.39 is 23.8 Å². The highest BCUT2D eigenvalue weighted by Gasteiger charge is 2.42. The standard InChI is InChI=1S/C17H16F3NO4/c1-3-25-16(23)15(17(18,19)20)21-13(10-7-11-14(22)24-2)12-8-5-4-6-9-12/h4-11H,3H2,1-2H3/b11-7+,13-10+,21-15?. The summed E-state index contributed by atoms with van der Waals surface area (Å²) < 4.78 is 48.2. The Morgan fingerprint density at radius 3 is 2.36 bits per heavy atom. The molecule has 0 aliphatic rings. The Kier molecular flexibility index (Phi) is 7.58. The molecule has 0 aliphatic heterocycles. The Morgan fingerprint density at radius 1 is 1.20 bits per heavy atom. The molecule has 1 rings (SSSR count). The predicted octanol–water partition coefficient (Wildman–Crippen LogP) is 3.32. The molecule has 0 unspecified atom stereocenters. The lowest BCUT2D eigenvalue weighted by molar-refractivity contribution is -0.139. The third kappa shape index (κ3) is 6.62. The Bertz CT molecular complexity index is 692. The maximum Gasteiger partial charge on any atom is 0.440 e. The minimum Gasteiger partial charge on any atom is -0.466 e. The van der Waals surface area contributed by atoms with Crippen LogP contribution in [0, 0.1) is 0 Å². The van der Waals surface area contributed by atoms with Gasteiger partial charge in [0.1, 0.15) is 0 Å². The number of hydrogen-bond acceptors (Lipinski definition) is 5. The third-order valence-electron chi connectivity index (χ3n) is 2.73. The smallest absolute Gasteiger partial charge is 0.440 e. The summed E-state index contributed by atoms with van der Waals surface area (Å²) in [5, 5.41) is 0. The Hall–Kier alpha value is -2.90. The quantitative estimate of drug-likeness (QED) is 0.340. The van der Waals surface area contributed by atoms with E-state index in [1.807, 2.05) is 0 Å². The highest BCUT2D eigenvalue weighted by molar-refractivity contribution is 6.39. The maximum absolute atomic E-state index is 13.1. The van der Waals surface area contributed by atoms with Gasteiger partial charge in [0.15, 0.2) is 0 Å². The van der Waals surface area contributed by atoms with Crippen LogP contribution in [0.25, 0.3) is 5.70 Å². The number of hydrogen-bond donors (Lipinski definition) is 0. The van der Waals surface area contributed by atoms with Crippen molar-refractivity contribution in [3.05, 3.63) is 54.1 Å². The SMILES string of the molecule is CCOC(=O)C(=N/C(=C/C=C/C(=O)OC)c1ccccc1)C(F)(F)F. The first kappa shape index (κ1) is 20.1. The fourth-order valence-corrected chi connectivity index (χ4v) is 1.64. The molecule has 0 saturated heterocycles. The summed E-state index contributed by atoms with van der Waals surface area (Å²) >= 11 is 0. The molecule has 1 aromatic rings. The van der Waals surface area contributed by atoms with Crippen LogP contribution >= 0.6 is 0 Å². The third-order valence-corrected chi connectivity index (χ3v) is 2.73. The van der Waals surface area contributed by atoms with E-state index in [9.17, 15) is 22.8 Å². The summed E-state index contributed by atoms with van der Waals surface area (Å²) in [4.78, 5) is 26.1. The normalized spacial score (nSPS) is 13.0. The number of halogens is 3. The zero-order valence-electron chi connectivity index (χ0n) is 13.5. The molecule has 25 heavy (non-hydrogen) atoms. The molecule has 0 amide bonds. The van der Waals surface area contributed by atoms with Crippen molar-refractivity contribution in [2.24, 2.45) is 4.99 Å². The van der Waals surface area contributed by atoms with Crippen LogP contribution in [0.4, 0.5) is 13.2 Å². The van der Waals surface area contributed by atoms with Crippen LogP contribution in [-0.2, 0) is 19.1 Å². The van der Waals surface area contributed by atoms with Crippen LogP contribution in [0.15, 0.2) is 53.6 Å². The number of aliphatic imine (C=N–C) groups is 1. The van der Waals surface area contributed by atoms with Crippen molar-refractivity contribution in [2.75, 3.05) is 13.7 Å². The zero-order valence-corrected chi connectivity index (χ0v) is 13.5. The Labute approximate surface area is 142 Å². The fourth-order valence-electron chi connectivity index (χ4n) is 1.64. The molecule has 0 bridgehead atoms. The monoisotopic (exact) mass is 355 g/mol. The van der Waals surface area contributed by atoms with Gasteiger partial charge < -0.3 is 9.47 Å². The summed E-state index contributed by atoms with van der Waals surface area (Å²) in [5.41, 5.74) is -1.53. The van der Waals surface area contributed by atoms with Crippen molar-refractivity contribution in [1.82, 2.24) is 0 Å². The molecule has 0 aliphatic carbocycles. The molecule has 1 aromatic carbocycles. The number of rotatable bonds is 6. The van der Waals surface area contributed by atoms with Crippen molar-refractivity contribution in [3.8, 4) is 0 Å². The lowest BCUT2D eigenvalue weighted by atomic mass is 10.1. The van der Waals surface area contributed by atoms with Gasteiger partial charge in [-0.3, -0.25) is 0 Å². The molecular formula is C17H16F3NO4. The molecule has 0 N–H and O–H groups in total. The molecule has 0 heterocycles. The van der Waals surface area contributed by atoms with Gasteiger partial charge in [-0.2, -0.15) is 13.2 Å². The van der Waals surface area contributed by atoms with Crippen LogP contribution in [0.5, 0.6) is 0 Å². The average molecular weight is 355 g/mol.